The smallest absolute Gasteiger partial charge is 0.209 e. The molecule has 0 saturated heterocycles. The lowest BCUT2D eigenvalue weighted by Gasteiger charge is -2.08. The van der Waals surface area contributed by atoms with Crippen LogP contribution in [0.5, 0.6) is 0 Å². The Morgan fingerprint density at radius 3 is 2.95 bits per heavy atom. The fourth-order valence-corrected chi connectivity index (χ4v) is 2.42. The molecule has 19 heavy (non-hydrogen) atoms. The lowest BCUT2D eigenvalue weighted by molar-refractivity contribution is 0.262. The molecule has 0 aliphatic rings. The van der Waals surface area contributed by atoms with Crippen LogP contribution in [0, 0.1) is 5.92 Å². The van der Waals surface area contributed by atoms with Gasteiger partial charge in [-0.3, -0.25) is 0 Å². The highest BCUT2D eigenvalue weighted by Gasteiger charge is 2.10. The topological polar surface area (TPSA) is 94.5 Å². The zero-order chi connectivity index (χ0) is 13.7. The second-order valence-electron chi connectivity index (χ2n) is 4.45. The van der Waals surface area contributed by atoms with Gasteiger partial charge in [0.15, 0.2) is 0 Å². The minimum Gasteiger partial charge on any atom is -0.394 e. The molecule has 2 aromatic heterocycles. The molecule has 0 aromatic carbocycles. The monoisotopic (exact) mass is 283 g/mol. The van der Waals surface area contributed by atoms with Crippen molar-refractivity contribution in [3.63, 3.8) is 0 Å². The molecule has 0 bridgehead atoms. The molecule has 0 amide bonds. The van der Waals surface area contributed by atoms with Gasteiger partial charge in [-0.2, -0.15) is 5.10 Å². The molecule has 0 spiro atoms. The molecule has 2 heterocycles. The van der Waals surface area contributed by atoms with Gasteiger partial charge in [-0.15, -0.1) is 5.10 Å². The highest BCUT2D eigenvalue weighted by molar-refractivity contribution is 7.98. The minimum absolute atomic E-state index is 0.0160. The summed E-state index contributed by atoms with van der Waals surface area (Å²) in [6, 6.07) is 0. The molecule has 2 aromatic rings. The van der Waals surface area contributed by atoms with Crippen LogP contribution < -0.4 is 0 Å². The maximum atomic E-state index is 8.91. The number of aromatic nitrogens is 7. The van der Waals surface area contributed by atoms with Crippen LogP contribution in [0.25, 0.3) is 0 Å². The van der Waals surface area contributed by atoms with Crippen molar-refractivity contribution >= 4 is 11.8 Å². The summed E-state index contributed by atoms with van der Waals surface area (Å²) >= 11 is 1.49. The predicted molar refractivity (Wildman–Crippen MR) is 69.3 cm³/mol. The fourth-order valence-electron chi connectivity index (χ4n) is 1.56. The third kappa shape index (κ3) is 3.74. The standard InChI is InChI=1S/C10H17N7OS/c1-8(2)5-17-9(11-7-12-17)6-19-10-13-14-15-16(10)3-4-18/h7-8,18H,3-6H2,1-2H3. The van der Waals surface area contributed by atoms with E-state index in [-0.39, 0.29) is 6.61 Å². The largest absolute Gasteiger partial charge is 0.394 e. The average molecular weight is 283 g/mol. The highest BCUT2D eigenvalue weighted by atomic mass is 32.2. The van der Waals surface area contributed by atoms with Gasteiger partial charge in [0, 0.05) is 6.54 Å². The number of rotatable bonds is 7. The Bertz CT molecular complexity index is 509. The molecule has 0 radical (unpaired) electrons. The molecule has 0 unspecified atom stereocenters. The van der Waals surface area contributed by atoms with Crippen molar-refractivity contribution in [3.8, 4) is 0 Å². The fraction of sp³-hybridized carbons (Fsp3) is 0.700. The van der Waals surface area contributed by atoms with Gasteiger partial charge in [-0.25, -0.2) is 14.3 Å². The average Bonchev–Trinajstić information content (AvgIpc) is 2.96. The highest BCUT2D eigenvalue weighted by Crippen LogP contribution is 2.18. The van der Waals surface area contributed by atoms with Gasteiger partial charge in [-0.1, -0.05) is 25.6 Å². The number of nitrogens with zero attached hydrogens (tertiary/aromatic N) is 7. The van der Waals surface area contributed by atoms with E-state index in [1.165, 1.54) is 11.8 Å². The summed E-state index contributed by atoms with van der Waals surface area (Å²) in [5.74, 6) is 2.07. The van der Waals surface area contributed by atoms with E-state index >= 15 is 0 Å². The summed E-state index contributed by atoms with van der Waals surface area (Å²) in [5, 5.41) is 25.1. The maximum Gasteiger partial charge on any atom is 0.209 e. The van der Waals surface area contributed by atoms with E-state index < -0.39 is 0 Å². The van der Waals surface area contributed by atoms with Crippen molar-refractivity contribution in [2.24, 2.45) is 5.92 Å². The van der Waals surface area contributed by atoms with Crippen molar-refractivity contribution in [3.05, 3.63) is 12.2 Å². The number of aliphatic hydroxyl groups is 1. The number of hydrogen-bond acceptors (Lipinski definition) is 7. The minimum atomic E-state index is 0.0160. The van der Waals surface area contributed by atoms with Gasteiger partial charge in [0.25, 0.3) is 0 Å². The lowest BCUT2D eigenvalue weighted by atomic mass is 10.2. The van der Waals surface area contributed by atoms with Crippen molar-refractivity contribution in [2.75, 3.05) is 6.61 Å². The summed E-state index contributed by atoms with van der Waals surface area (Å²) in [4.78, 5) is 4.25. The third-order valence-corrected chi connectivity index (χ3v) is 3.33. The van der Waals surface area contributed by atoms with Crippen LogP contribution in [0.15, 0.2) is 11.5 Å². The second kappa shape index (κ2) is 6.62. The van der Waals surface area contributed by atoms with E-state index in [2.05, 4.69) is 39.5 Å². The molecule has 104 valence electrons. The number of aliphatic hydroxyl groups excluding tert-OH is 1. The molecular formula is C10H17N7OS. The third-order valence-electron chi connectivity index (χ3n) is 2.38. The maximum absolute atomic E-state index is 8.91. The van der Waals surface area contributed by atoms with Crippen LogP contribution in [-0.4, -0.2) is 46.7 Å². The SMILES string of the molecule is CC(C)Cn1ncnc1CSc1nnnn1CCO. The molecule has 0 fully saturated rings. The van der Waals surface area contributed by atoms with Crippen LogP contribution in [0.1, 0.15) is 19.7 Å². The van der Waals surface area contributed by atoms with E-state index in [1.54, 1.807) is 11.0 Å². The molecular weight excluding hydrogens is 266 g/mol. The van der Waals surface area contributed by atoms with E-state index in [0.29, 0.717) is 23.4 Å². The Labute approximate surface area is 115 Å². The molecule has 0 atom stereocenters. The first kappa shape index (κ1) is 13.9. The molecule has 1 N–H and O–H groups in total. The molecule has 8 nitrogen and oxygen atoms in total. The Hall–Kier alpha value is -1.48. The van der Waals surface area contributed by atoms with E-state index in [1.807, 2.05) is 4.68 Å². The zero-order valence-corrected chi connectivity index (χ0v) is 11.8. The van der Waals surface area contributed by atoms with Gasteiger partial charge in [0.1, 0.15) is 12.2 Å². The van der Waals surface area contributed by atoms with Crippen LogP contribution in [0.4, 0.5) is 0 Å². The summed E-state index contributed by atoms with van der Waals surface area (Å²) in [7, 11) is 0. The molecule has 0 aliphatic carbocycles. The van der Waals surface area contributed by atoms with Gasteiger partial charge in [0.2, 0.25) is 5.16 Å². The van der Waals surface area contributed by atoms with E-state index in [9.17, 15) is 0 Å². The summed E-state index contributed by atoms with van der Waals surface area (Å²) in [6.45, 7) is 5.54. The Balaban J connectivity index is 1.98. The predicted octanol–water partition coefficient (Wildman–Crippen LogP) is 0.205. The number of tetrazole rings is 1. The first-order valence-electron chi connectivity index (χ1n) is 6.07. The number of hydrogen-bond donors (Lipinski definition) is 1. The van der Waals surface area contributed by atoms with Crippen LogP contribution in [0.2, 0.25) is 0 Å². The Kier molecular flexibility index (Phi) is 4.86. The van der Waals surface area contributed by atoms with Gasteiger partial charge < -0.3 is 5.11 Å². The van der Waals surface area contributed by atoms with Gasteiger partial charge >= 0.3 is 0 Å². The van der Waals surface area contributed by atoms with Crippen molar-refractivity contribution in [2.45, 2.75) is 37.8 Å². The van der Waals surface area contributed by atoms with Gasteiger partial charge in [-0.05, 0) is 16.3 Å². The zero-order valence-electron chi connectivity index (χ0n) is 11.0. The summed E-state index contributed by atoms with van der Waals surface area (Å²) < 4.78 is 3.48. The van der Waals surface area contributed by atoms with Crippen molar-refractivity contribution in [1.29, 1.82) is 0 Å². The van der Waals surface area contributed by atoms with Crippen molar-refractivity contribution in [1.82, 2.24) is 35.0 Å². The van der Waals surface area contributed by atoms with Gasteiger partial charge in [0.05, 0.1) is 18.9 Å². The molecule has 0 aliphatic heterocycles. The molecule has 9 heteroatoms. The van der Waals surface area contributed by atoms with Crippen LogP contribution >= 0.6 is 11.8 Å². The Morgan fingerprint density at radius 1 is 1.37 bits per heavy atom. The summed E-state index contributed by atoms with van der Waals surface area (Å²) in [6.07, 6.45) is 1.56. The van der Waals surface area contributed by atoms with E-state index in [0.717, 1.165) is 12.4 Å². The van der Waals surface area contributed by atoms with Crippen molar-refractivity contribution < 1.29 is 5.11 Å². The summed E-state index contributed by atoms with van der Waals surface area (Å²) in [5.41, 5.74) is 0. The molecule has 2 rings (SSSR count). The quantitative estimate of drug-likeness (QED) is 0.725. The van der Waals surface area contributed by atoms with Crippen LogP contribution in [0.3, 0.4) is 0 Å². The second-order valence-corrected chi connectivity index (χ2v) is 5.39. The molecule has 0 saturated carbocycles. The number of thioether (sulfide) groups is 1. The lowest BCUT2D eigenvalue weighted by Crippen LogP contribution is -2.10. The Morgan fingerprint density at radius 2 is 2.21 bits per heavy atom. The first-order chi connectivity index (χ1) is 9.20. The first-order valence-corrected chi connectivity index (χ1v) is 7.05. The van der Waals surface area contributed by atoms with E-state index in [4.69, 9.17) is 5.11 Å². The van der Waals surface area contributed by atoms with Crippen LogP contribution in [-0.2, 0) is 18.8 Å². The normalized spacial score (nSPS) is 11.4.